The van der Waals surface area contributed by atoms with Crippen molar-refractivity contribution in [3.05, 3.63) is 54.1 Å². The van der Waals surface area contributed by atoms with E-state index in [2.05, 4.69) is 10.3 Å². The molecule has 1 saturated heterocycles. The van der Waals surface area contributed by atoms with Crippen LogP contribution in [-0.4, -0.2) is 36.2 Å². The van der Waals surface area contributed by atoms with Crippen molar-refractivity contribution in [3.63, 3.8) is 0 Å². The minimum atomic E-state index is -3.73. The molecular formula is C20H21N3O3S2. The second-order valence-electron chi connectivity index (χ2n) is 6.92. The number of amides is 1. The van der Waals surface area contributed by atoms with Crippen LogP contribution in [0.15, 0.2) is 53.4 Å². The molecule has 0 saturated carbocycles. The van der Waals surface area contributed by atoms with Gasteiger partial charge in [-0.25, -0.2) is 13.4 Å². The Morgan fingerprint density at radius 2 is 1.89 bits per heavy atom. The average molecular weight is 416 g/mol. The Morgan fingerprint density at radius 3 is 2.64 bits per heavy atom. The normalized spacial score (nSPS) is 18.2. The molecular weight excluding hydrogens is 394 g/mol. The standard InChI is InChI=1S/C20H21N3O3S2/c1-14-9-11-15(12-10-14)28(25,26)23-13-5-4-7-17(23)19(24)22-20-21-16-6-2-3-8-18(16)27-20/h2-3,6,8-12,17H,4-5,7,13H2,1H3,(H,21,22,24)/t17-/m0/s1. The molecule has 2 heterocycles. The first kappa shape index (κ1) is 19.0. The van der Waals surface area contributed by atoms with Crippen LogP contribution in [-0.2, 0) is 14.8 Å². The van der Waals surface area contributed by atoms with Gasteiger partial charge in [0.1, 0.15) is 6.04 Å². The lowest BCUT2D eigenvalue weighted by atomic mass is 10.0. The molecule has 1 N–H and O–H groups in total. The largest absolute Gasteiger partial charge is 0.301 e. The van der Waals surface area contributed by atoms with Crippen molar-refractivity contribution in [2.24, 2.45) is 0 Å². The summed E-state index contributed by atoms with van der Waals surface area (Å²) in [5.41, 5.74) is 1.80. The van der Waals surface area contributed by atoms with Crippen LogP contribution < -0.4 is 5.32 Å². The van der Waals surface area contributed by atoms with Gasteiger partial charge in [0.2, 0.25) is 15.9 Å². The van der Waals surface area contributed by atoms with Gasteiger partial charge in [0.25, 0.3) is 0 Å². The first-order chi connectivity index (χ1) is 13.4. The number of sulfonamides is 1. The van der Waals surface area contributed by atoms with Crippen LogP contribution in [0.25, 0.3) is 10.2 Å². The third-order valence-corrected chi connectivity index (χ3v) is 7.78. The van der Waals surface area contributed by atoms with Crippen LogP contribution >= 0.6 is 11.3 Å². The Balaban J connectivity index is 1.59. The van der Waals surface area contributed by atoms with Crippen LogP contribution in [0.5, 0.6) is 0 Å². The predicted molar refractivity (Wildman–Crippen MR) is 111 cm³/mol. The molecule has 1 aliphatic rings. The van der Waals surface area contributed by atoms with Gasteiger partial charge in [-0.15, -0.1) is 0 Å². The molecule has 4 rings (SSSR count). The van der Waals surface area contributed by atoms with E-state index in [9.17, 15) is 13.2 Å². The number of carbonyl (C=O) groups excluding carboxylic acids is 1. The predicted octanol–water partition coefficient (Wildman–Crippen LogP) is 3.79. The van der Waals surface area contributed by atoms with E-state index < -0.39 is 16.1 Å². The zero-order chi connectivity index (χ0) is 19.7. The lowest BCUT2D eigenvalue weighted by molar-refractivity contribution is -0.120. The third kappa shape index (κ3) is 3.67. The summed E-state index contributed by atoms with van der Waals surface area (Å²) in [5.74, 6) is -0.325. The van der Waals surface area contributed by atoms with Gasteiger partial charge in [-0.1, -0.05) is 47.6 Å². The summed E-state index contributed by atoms with van der Waals surface area (Å²) in [6, 6.07) is 13.7. The molecule has 0 unspecified atom stereocenters. The van der Waals surface area contributed by atoms with Crippen LogP contribution in [0.3, 0.4) is 0 Å². The number of hydrogen-bond donors (Lipinski definition) is 1. The SMILES string of the molecule is Cc1ccc(S(=O)(=O)N2CCCC[C@H]2C(=O)Nc2nc3ccccc3s2)cc1. The van der Waals surface area contributed by atoms with Crippen LogP contribution in [0.1, 0.15) is 24.8 Å². The number of piperidine rings is 1. The van der Waals surface area contributed by atoms with Gasteiger partial charge in [-0.2, -0.15) is 4.31 Å². The molecule has 0 spiro atoms. The molecule has 0 bridgehead atoms. The number of aryl methyl sites for hydroxylation is 1. The van der Waals surface area contributed by atoms with E-state index in [1.54, 1.807) is 24.3 Å². The van der Waals surface area contributed by atoms with Crippen molar-refractivity contribution in [2.75, 3.05) is 11.9 Å². The number of anilines is 1. The molecule has 1 atom stereocenters. The molecule has 3 aromatic rings. The molecule has 146 valence electrons. The Labute approximate surface area is 168 Å². The molecule has 6 nitrogen and oxygen atoms in total. The summed E-state index contributed by atoms with van der Waals surface area (Å²) in [4.78, 5) is 17.6. The van der Waals surface area contributed by atoms with Crippen molar-refractivity contribution in [2.45, 2.75) is 37.1 Å². The zero-order valence-electron chi connectivity index (χ0n) is 15.5. The molecule has 1 aromatic heterocycles. The fourth-order valence-electron chi connectivity index (χ4n) is 3.41. The summed E-state index contributed by atoms with van der Waals surface area (Å²) in [6.07, 6.45) is 2.07. The maximum absolute atomic E-state index is 13.1. The number of hydrogen-bond acceptors (Lipinski definition) is 5. The highest BCUT2D eigenvalue weighted by Gasteiger charge is 2.37. The van der Waals surface area contributed by atoms with Crippen molar-refractivity contribution >= 4 is 42.6 Å². The smallest absolute Gasteiger partial charge is 0.244 e. The third-order valence-electron chi connectivity index (χ3n) is 4.91. The second kappa shape index (κ2) is 7.62. The Bertz CT molecular complexity index is 1070. The first-order valence-electron chi connectivity index (χ1n) is 9.20. The van der Waals surface area contributed by atoms with Crippen molar-refractivity contribution in [1.29, 1.82) is 0 Å². The molecule has 1 amide bonds. The number of nitrogens with one attached hydrogen (secondary N) is 1. The quantitative estimate of drug-likeness (QED) is 0.703. The monoisotopic (exact) mass is 415 g/mol. The molecule has 0 aliphatic carbocycles. The molecule has 2 aromatic carbocycles. The summed E-state index contributed by atoms with van der Waals surface area (Å²) in [6.45, 7) is 2.25. The number of para-hydroxylation sites is 1. The number of fused-ring (bicyclic) bond motifs is 1. The lowest BCUT2D eigenvalue weighted by Crippen LogP contribution is -2.49. The van der Waals surface area contributed by atoms with Gasteiger partial charge >= 0.3 is 0 Å². The van der Waals surface area contributed by atoms with Crippen molar-refractivity contribution in [3.8, 4) is 0 Å². The molecule has 8 heteroatoms. The van der Waals surface area contributed by atoms with Crippen LogP contribution in [0.2, 0.25) is 0 Å². The molecule has 28 heavy (non-hydrogen) atoms. The molecule has 1 fully saturated rings. The number of aromatic nitrogens is 1. The van der Waals surface area contributed by atoms with E-state index in [1.807, 2.05) is 31.2 Å². The van der Waals surface area contributed by atoms with E-state index in [1.165, 1.54) is 15.6 Å². The van der Waals surface area contributed by atoms with Gasteiger partial charge in [0.15, 0.2) is 5.13 Å². The van der Waals surface area contributed by atoms with Crippen molar-refractivity contribution in [1.82, 2.24) is 9.29 Å². The van der Waals surface area contributed by atoms with Gasteiger partial charge in [-0.3, -0.25) is 4.79 Å². The van der Waals surface area contributed by atoms with E-state index in [-0.39, 0.29) is 10.8 Å². The van der Waals surface area contributed by atoms with E-state index in [4.69, 9.17) is 0 Å². The van der Waals surface area contributed by atoms with E-state index in [0.29, 0.717) is 18.1 Å². The summed E-state index contributed by atoms with van der Waals surface area (Å²) < 4.78 is 28.6. The minimum Gasteiger partial charge on any atom is -0.301 e. The fourth-order valence-corrected chi connectivity index (χ4v) is 5.94. The highest BCUT2D eigenvalue weighted by atomic mass is 32.2. The lowest BCUT2D eigenvalue weighted by Gasteiger charge is -2.33. The Morgan fingerprint density at radius 1 is 1.14 bits per heavy atom. The number of benzene rings is 2. The van der Waals surface area contributed by atoms with Crippen LogP contribution in [0, 0.1) is 6.92 Å². The fraction of sp³-hybridized carbons (Fsp3) is 0.300. The highest BCUT2D eigenvalue weighted by Crippen LogP contribution is 2.29. The Hall–Kier alpha value is -2.29. The van der Waals surface area contributed by atoms with Gasteiger partial charge in [0, 0.05) is 6.54 Å². The average Bonchev–Trinajstić information content (AvgIpc) is 3.10. The molecule has 1 aliphatic heterocycles. The van der Waals surface area contributed by atoms with E-state index >= 15 is 0 Å². The van der Waals surface area contributed by atoms with Gasteiger partial charge in [0.05, 0.1) is 15.1 Å². The minimum absolute atomic E-state index is 0.220. The second-order valence-corrected chi connectivity index (χ2v) is 9.84. The number of nitrogens with zero attached hydrogens (tertiary/aromatic N) is 2. The first-order valence-corrected chi connectivity index (χ1v) is 11.5. The number of carbonyl (C=O) groups is 1. The highest BCUT2D eigenvalue weighted by molar-refractivity contribution is 7.89. The summed E-state index contributed by atoms with van der Waals surface area (Å²) in [5, 5.41) is 3.32. The van der Waals surface area contributed by atoms with Crippen molar-refractivity contribution < 1.29 is 13.2 Å². The number of thiazole rings is 1. The molecule has 0 radical (unpaired) electrons. The topological polar surface area (TPSA) is 79.4 Å². The maximum atomic E-state index is 13.1. The van der Waals surface area contributed by atoms with Crippen LogP contribution in [0.4, 0.5) is 5.13 Å². The number of rotatable bonds is 4. The maximum Gasteiger partial charge on any atom is 0.244 e. The zero-order valence-corrected chi connectivity index (χ0v) is 17.1. The summed E-state index contributed by atoms with van der Waals surface area (Å²) >= 11 is 1.39. The Kier molecular flexibility index (Phi) is 5.18. The van der Waals surface area contributed by atoms with Gasteiger partial charge < -0.3 is 5.32 Å². The van der Waals surface area contributed by atoms with E-state index in [0.717, 1.165) is 28.6 Å². The van der Waals surface area contributed by atoms with Gasteiger partial charge in [-0.05, 0) is 44.0 Å². The summed E-state index contributed by atoms with van der Waals surface area (Å²) in [7, 11) is -3.73.